The Kier molecular flexibility index (Phi) is 3.82. The molecule has 0 atom stereocenters. The molecular weight excluding hydrogens is 307 g/mol. The molecule has 0 aliphatic carbocycles. The van der Waals surface area contributed by atoms with E-state index in [1.54, 1.807) is 18.2 Å². The van der Waals surface area contributed by atoms with E-state index in [0.29, 0.717) is 21.7 Å². The molecule has 0 unspecified atom stereocenters. The van der Waals surface area contributed by atoms with E-state index in [2.05, 4.69) is 20.6 Å². The molecule has 6 heteroatoms. The summed E-state index contributed by atoms with van der Waals surface area (Å²) in [6, 6.07) is 13.0. The number of fused-ring (bicyclic) bond motifs is 1. The zero-order valence-electron chi connectivity index (χ0n) is 11.2. The Balaban J connectivity index is 2.04. The van der Waals surface area contributed by atoms with Gasteiger partial charge in [0.1, 0.15) is 5.82 Å². The molecule has 0 saturated heterocycles. The minimum atomic E-state index is 0.474. The predicted octanol–water partition coefficient (Wildman–Crippen LogP) is 4.72. The van der Waals surface area contributed by atoms with Gasteiger partial charge in [-0.3, -0.25) is 0 Å². The van der Waals surface area contributed by atoms with Gasteiger partial charge in [-0.15, -0.1) is 0 Å². The zero-order chi connectivity index (χ0) is 14.8. The first-order chi connectivity index (χ1) is 10.2. The lowest BCUT2D eigenvalue weighted by Crippen LogP contribution is -2.02. The molecular formula is C15H12Cl2N4. The van der Waals surface area contributed by atoms with Crippen molar-refractivity contribution in [3.63, 3.8) is 0 Å². The van der Waals surface area contributed by atoms with Gasteiger partial charge < -0.3 is 10.6 Å². The number of hydrogen-bond donors (Lipinski definition) is 2. The molecule has 4 nitrogen and oxygen atoms in total. The van der Waals surface area contributed by atoms with Crippen LogP contribution in [0.2, 0.25) is 10.0 Å². The number of anilines is 3. The highest BCUT2D eigenvalue weighted by molar-refractivity contribution is 6.36. The SMILES string of the molecule is CNc1nc(Nc2ccc(Cl)cc2Cl)nc2ccccc12. The largest absolute Gasteiger partial charge is 0.372 e. The summed E-state index contributed by atoms with van der Waals surface area (Å²) in [7, 11) is 1.83. The molecule has 106 valence electrons. The highest BCUT2D eigenvalue weighted by Crippen LogP contribution is 2.28. The monoisotopic (exact) mass is 318 g/mol. The molecule has 0 aliphatic heterocycles. The maximum Gasteiger partial charge on any atom is 0.229 e. The molecule has 0 aliphatic rings. The van der Waals surface area contributed by atoms with Gasteiger partial charge in [-0.2, -0.15) is 4.98 Å². The van der Waals surface area contributed by atoms with Crippen LogP contribution in [0.1, 0.15) is 0 Å². The normalized spacial score (nSPS) is 10.6. The van der Waals surface area contributed by atoms with Crippen molar-refractivity contribution in [1.82, 2.24) is 9.97 Å². The lowest BCUT2D eigenvalue weighted by atomic mass is 10.2. The van der Waals surface area contributed by atoms with Crippen molar-refractivity contribution in [2.45, 2.75) is 0 Å². The smallest absolute Gasteiger partial charge is 0.229 e. The second-order valence-corrected chi connectivity index (χ2v) is 5.26. The summed E-state index contributed by atoms with van der Waals surface area (Å²) < 4.78 is 0. The van der Waals surface area contributed by atoms with Crippen molar-refractivity contribution < 1.29 is 0 Å². The summed E-state index contributed by atoms with van der Waals surface area (Å²) in [6.45, 7) is 0. The van der Waals surface area contributed by atoms with Gasteiger partial charge in [0, 0.05) is 17.5 Å². The van der Waals surface area contributed by atoms with Crippen LogP contribution in [0.15, 0.2) is 42.5 Å². The molecule has 2 N–H and O–H groups in total. The fourth-order valence-corrected chi connectivity index (χ4v) is 2.49. The Morgan fingerprint density at radius 1 is 1.00 bits per heavy atom. The van der Waals surface area contributed by atoms with Crippen LogP contribution in [-0.2, 0) is 0 Å². The second-order valence-electron chi connectivity index (χ2n) is 4.41. The van der Waals surface area contributed by atoms with Gasteiger partial charge in [-0.25, -0.2) is 4.98 Å². The maximum atomic E-state index is 6.15. The number of aromatic nitrogens is 2. The molecule has 0 amide bonds. The van der Waals surface area contributed by atoms with E-state index in [1.165, 1.54) is 0 Å². The molecule has 0 saturated carbocycles. The Morgan fingerprint density at radius 2 is 1.81 bits per heavy atom. The second kappa shape index (κ2) is 5.76. The van der Waals surface area contributed by atoms with Gasteiger partial charge in [-0.1, -0.05) is 35.3 Å². The van der Waals surface area contributed by atoms with Crippen molar-refractivity contribution in [2.24, 2.45) is 0 Å². The van der Waals surface area contributed by atoms with Crippen LogP contribution in [0.5, 0.6) is 0 Å². The molecule has 2 aromatic carbocycles. The number of halogens is 2. The number of para-hydroxylation sites is 1. The van der Waals surface area contributed by atoms with Gasteiger partial charge in [0.25, 0.3) is 0 Å². The third-order valence-corrected chi connectivity index (χ3v) is 3.57. The van der Waals surface area contributed by atoms with E-state index in [0.717, 1.165) is 16.7 Å². The van der Waals surface area contributed by atoms with Crippen LogP contribution in [0.3, 0.4) is 0 Å². The first-order valence-corrected chi connectivity index (χ1v) is 7.09. The Labute approximate surface area is 132 Å². The summed E-state index contributed by atoms with van der Waals surface area (Å²) >= 11 is 12.0. The van der Waals surface area contributed by atoms with Crippen molar-refractivity contribution >= 4 is 51.6 Å². The number of rotatable bonds is 3. The topological polar surface area (TPSA) is 49.8 Å². The lowest BCUT2D eigenvalue weighted by molar-refractivity contribution is 1.20. The van der Waals surface area contributed by atoms with Crippen LogP contribution < -0.4 is 10.6 Å². The van der Waals surface area contributed by atoms with Crippen LogP contribution in [-0.4, -0.2) is 17.0 Å². The molecule has 3 rings (SSSR count). The highest BCUT2D eigenvalue weighted by atomic mass is 35.5. The van der Waals surface area contributed by atoms with Gasteiger partial charge in [0.15, 0.2) is 0 Å². The third-order valence-electron chi connectivity index (χ3n) is 3.02. The van der Waals surface area contributed by atoms with E-state index in [4.69, 9.17) is 23.2 Å². The molecule has 3 aromatic rings. The van der Waals surface area contributed by atoms with E-state index >= 15 is 0 Å². The van der Waals surface area contributed by atoms with Crippen LogP contribution >= 0.6 is 23.2 Å². The molecule has 1 heterocycles. The fraction of sp³-hybridized carbons (Fsp3) is 0.0667. The highest BCUT2D eigenvalue weighted by Gasteiger charge is 2.08. The quantitative estimate of drug-likeness (QED) is 0.733. The zero-order valence-corrected chi connectivity index (χ0v) is 12.7. The third kappa shape index (κ3) is 2.86. The van der Waals surface area contributed by atoms with Gasteiger partial charge in [0.2, 0.25) is 5.95 Å². The average Bonchev–Trinajstić information content (AvgIpc) is 2.49. The number of nitrogens with one attached hydrogen (secondary N) is 2. The summed E-state index contributed by atoms with van der Waals surface area (Å²) in [5.74, 6) is 1.23. The first kappa shape index (κ1) is 13.9. The van der Waals surface area contributed by atoms with Crippen molar-refractivity contribution in [1.29, 1.82) is 0 Å². The number of nitrogens with zero attached hydrogens (tertiary/aromatic N) is 2. The van der Waals surface area contributed by atoms with Crippen molar-refractivity contribution in [3.8, 4) is 0 Å². The van der Waals surface area contributed by atoms with E-state index < -0.39 is 0 Å². The van der Waals surface area contributed by atoms with Gasteiger partial charge >= 0.3 is 0 Å². The molecule has 0 fully saturated rings. The summed E-state index contributed by atoms with van der Waals surface area (Å²) in [5.41, 5.74) is 1.56. The van der Waals surface area contributed by atoms with Crippen molar-refractivity contribution in [2.75, 3.05) is 17.7 Å². The molecule has 21 heavy (non-hydrogen) atoms. The van der Waals surface area contributed by atoms with Crippen LogP contribution in [0, 0.1) is 0 Å². The van der Waals surface area contributed by atoms with E-state index in [9.17, 15) is 0 Å². The molecule has 1 aromatic heterocycles. The van der Waals surface area contributed by atoms with Gasteiger partial charge in [-0.05, 0) is 30.3 Å². The Morgan fingerprint density at radius 3 is 2.57 bits per heavy atom. The van der Waals surface area contributed by atoms with Crippen molar-refractivity contribution in [3.05, 3.63) is 52.5 Å². The summed E-state index contributed by atoms with van der Waals surface area (Å²) in [4.78, 5) is 8.94. The minimum Gasteiger partial charge on any atom is -0.372 e. The minimum absolute atomic E-state index is 0.474. The van der Waals surface area contributed by atoms with Crippen LogP contribution in [0.4, 0.5) is 17.5 Å². The van der Waals surface area contributed by atoms with E-state index in [-0.39, 0.29) is 0 Å². The Hall–Kier alpha value is -2.04. The number of benzene rings is 2. The molecule has 0 radical (unpaired) electrons. The lowest BCUT2D eigenvalue weighted by Gasteiger charge is -2.10. The summed E-state index contributed by atoms with van der Waals surface area (Å²) in [6.07, 6.45) is 0. The first-order valence-electron chi connectivity index (χ1n) is 6.34. The summed E-state index contributed by atoms with van der Waals surface area (Å²) in [5, 5.41) is 8.26. The molecule has 0 bridgehead atoms. The standard InChI is InChI=1S/C15H12Cl2N4/c1-18-14-10-4-2-3-5-12(10)19-15(21-14)20-13-7-6-9(16)8-11(13)17/h2-8H,1H3,(H2,18,19,20,21). The van der Waals surface area contributed by atoms with Crippen LogP contribution in [0.25, 0.3) is 10.9 Å². The fourth-order valence-electron chi connectivity index (χ4n) is 2.03. The maximum absolute atomic E-state index is 6.15. The van der Waals surface area contributed by atoms with E-state index in [1.807, 2.05) is 31.3 Å². The number of hydrogen-bond acceptors (Lipinski definition) is 4. The van der Waals surface area contributed by atoms with Gasteiger partial charge in [0.05, 0.1) is 16.2 Å². The average molecular weight is 319 g/mol. The predicted molar refractivity (Wildman–Crippen MR) is 88.8 cm³/mol. The Bertz CT molecular complexity index is 805. The molecule has 0 spiro atoms.